The Balaban J connectivity index is 1.85. The molecule has 0 fully saturated rings. The molecule has 0 heterocycles. The second-order valence-electron chi connectivity index (χ2n) is 9.51. The zero-order chi connectivity index (χ0) is 26.1. The first kappa shape index (κ1) is 28.0. The summed E-state index contributed by atoms with van der Waals surface area (Å²) in [4.78, 5) is 28.9. The number of nitrogens with one attached hydrogen (secondary N) is 1. The van der Waals surface area contributed by atoms with Gasteiger partial charge in [0.2, 0.25) is 11.8 Å². The maximum absolute atomic E-state index is 13.7. The first-order valence-electron chi connectivity index (χ1n) is 12.2. The summed E-state index contributed by atoms with van der Waals surface area (Å²) in [6.45, 7) is 8.43. The molecule has 0 aromatic heterocycles. The number of hydrogen-bond acceptors (Lipinski definition) is 3. The Morgan fingerprint density at radius 2 is 1.56 bits per heavy atom. The molecule has 36 heavy (non-hydrogen) atoms. The summed E-state index contributed by atoms with van der Waals surface area (Å²) in [7, 11) is 0. The van der Waals surface area contributed by atoms with Crippen molar-refractivity contribution >= 4 is 39.5 Å². The fraction of sp³-hybridized carbons (Fsp3) is 0.333. The van der Waals surface area contributed by atoms with Crippen LogP contribution in [0, 0.1) is 13.8 Å². The monoisotopic (exact) mass is 566 g/mol. The minimum atomic E-state index is -0.608. The van der Waals surface area contributed by atoms with Crippen LogP contribution >= 0.6 is 27.7 Å². The van der Waals surface area contributed by atoms with Crippen LogP contribution in [0.5, 0.6) is 0 Å². The highest BCUT2D eigenvalue weighted by Gasteiger charge is 2.30. The minimum absolute atomic E-state index is 0.0162. The van der Waals surface area contributed by atoms with E-state index >= 15 is 0 Å². The van der Waals surface area contributed by atoms with E-state index in [1.807, 2.05) is 68.4 Å². The van der Waals surface area contributed by atoms with Crippen LogP contribution in [0.4, 0.5) is 0 Å². The van der Waals surface area contributed by atoms with E-state index < -0.39 is 6.04 Å². The van der Waals surface area contributed by atoms with Crippen LogP contribution in [-0.2, 0) is 28.3 Å². The molecule has 0 aliphatic heterocycles. The van der Waals surface area contributed by atoms with Gasteiger partial charge in [-0.2, -0.15) is 0 Å². The molecular formula is C30H35BrN2O2S. The Labute approximate surface area is 228 Å². The normalized spacial score (nSPS) is 11.8. The van der Waals surface area contributed by atoms with Crippen molar-refractivity contribution in [3.8, 4) is 0 Å². The third kappa shape index (κ3) is 8.82. The average Bonchev–Trinajstić information content (AvgIpc) is 2.81. The van der Waals surface area contributed by atoms with Gasteiger partial charge in [-0.25, -0.2) is 0 Å². The number of rotatable bonds is 11. The molecule has 190 valence electrons. The highest BCUT2D eigenvalue weighted by molar-refractivity contribution is 9.10. The molecule has 1 N–H and O–H groups in total. The highest BCUT2D eigenvalue weighted by atomic mass is 79.9. The Morgan fingerprint density at radius 3 is 2.19 bits per heavy atom. The van der Waals surface area contributed by atoms with Gasteiger partial charge in [-0.1, -0.05) is 87.7 Å². The van der Waals surface area contributed by atoms with Crippen LogP contribution < -0.4 is 5.32 Å². The lowest BCUT2D eigenvalue weighted by Crippen LogP contribution is -2.52. The van der Waals surface area contributed by atoms with Crippen molar-refractivity contribution in [2.45, 2.75) is 58.5 Å². The van der Waals surface area contributed by atoms with Gasteiger partial charge >= 0.3 is 0 Å². The number of carbonyl (C=O) groups is 2. The van der Waals surface area contributed by atoms with Crippen molar-refractivity contribution in [3.63, 3.8) is 0 Å². The Morgan fingerprint density at radius 1 is 0.889 bits per heavy atom. The molecule has 4 nitrogen and oxygen atoms in total. The average molecular weight is 568 g/mol. The fourth-order valence-electron chi connectivity index (χ4n) is 4.26. The van der Waals surface area contributed by atoms with Crippen molar-refractivity contribution in [1.29, 1.82) is 0 Å². The number of hydrogen-bond donors (Lipinski definition) is 1. The van der Waals surface area contributed by atoms with Crippen LogP contribution in [0.1, 0.15) is 41.7 Å². The van der Waals surface area contributed by atoms with Gasteiger partial charge in [-0.05, 0) is 56.5 Å². The molecule has 6 heteroatoms. The number of carbonyl (C=O) groups excluding carboxylic acids is 2. The summed E-state index contributed by atoms with van der Waals surface area (Å²) in [6, 6.07) is 23.7. The van der Waals surface area contributed by atoms with Gasteiger partial charge in [0, 0.05) is 29.2 Å². The molecule has 3 rings (SSSR count). The molecule has 0 unspecified atom stereocenters. The Bertz CT molecular complexity index is 1150. The topological polar surface area (TPSA) is 49.4 Å². The molecule has 0 radical (unpaired) electrons. The zero-order valence-corrected chi connectivity index (χ0v) is 23.9. The number of halogens is 1. The van der Waals surface area contributed by atoms with Gasteiger partial charge in [-0.3, -0.25) is 9.59 Å². The van der Waals surface area contributed by atoms with Gasteiger partial charge in [0.15, 0.2) is 0 Å². The molecule has 3 aromatic rings. The maximum Gasteiger partial charge on any atom is 0.243 e. The largest absolute Gasteiger partial charge is 0.352 e. The first-order valence-corrected chi connectivity index (χ1v) is 14.2. The second-order valence-corrected chi connectivity index (χ2v) is 11.4. The van der Waals surface area contributed by atoms with E-state index in [1.165, 1.54) is 16.7 Å². The standard InChI is InChI=1S/C30H35BrN2O2S/c1-21(2)32-30(35)28(17-24-9-6-5-7-10-24)33(18-25-11-8-12-27(31)16-25)29(34)20-36-19-26-14-22(3)13-23(4)15-26/h5-16,21,28H,17-20H2,1-4H3,(H,32,35)/t28-/m1/s1. The molecule has 0 saturated carbocycles. The first-order chi connectivity index (χ1) is 17.2. The van der Waals surface area contributed by atoms with Crippen LogP contribution in [0.25, 0.3) is 0 Å². The molecule has 0 saturated heterocycles. The lowest BCUT2D eigenvalue weighted by atomic mass is 10.0. The Hall–Kier alpha value is -2.57. The Kier molecular flexibility index (Phi) is 10.6. The molecule has 3 aromatic carbocycles. The van der Waals surface area contributed by atoms with Gasteiger partial charge < -0.3 is 10.2 Å². The molecule has 0 bridgehead atoms. The molecule has 0 aliphatic carbocycles. The van der Waals surface area contributed by atoms with Crippen molar-refractivity contribution in [3.05, 3.63) is 105 Å². The van der Waals surface area contributed by atoms with Crippen LogP contribution in [0.3, 0.4) is 0 Å². The van der Waals surface area contributed by atoms with Gasteiger partial charge in [0.05, 0.1) is 5.75 Å². The second kappa shape index (κ2) is 13.7. The predicted octanol–water partition coefficient (Wildman–Crippen LogP) is 6.46. The van der Waals surface area contributed by atoms with E-state index in [0.717, 1.165) is 21.4 Å². The van der Waals surface area contributed by atoms with Crippen molar-refractivity contribution in [2.24, 2.45) is 0 Å². The quantitative estimate of drug-likeness (QED) is 0.289. The lowest BCUT2D eigenvalue weighted by molar-refractivity contribution is -0.139. The minimum Gasteiger partial charge on any atom is -0.352 e. The number of amides is 2. The van der Waals surface area contributed by atoms with E-state index in [2.05, 4.69) is 53.3 Å². The molecule has 2 amide bonds. The SMILES string of the molecule is Cc1cc(C)cc(CSCC(=O)N(Cc2cccc(Br)c2)[C@H](Cc2ccccc2)C(=O)NC(C)C)c1. The highest BCUT2D eigenvalue weighted by Crippen LogP contribution is 2.21. The fourth-order valence-corrected chi connectivity index (χ4v) is 5.55. The van der Waals surface area contributed by atoms with Crippen LogP contribution in [-0.4, -0.2) is 34.6 Å². The number of benzene rings is 3. The molecule has 1 atom stereocenters. The number of nitrogens with zero attached hydrogens (tertiary/aromatic N) is 1. The van der Waals surface area contributed by atoms with E-state index in [4.69, 9.17) is 0 Å². The third-order valence-electron chi connectivity index (χ3n) is 5.72. The maximum atomic E-state index is 13.7. The summed E-state index contributed by atoms with van der Waals surface area (Å²) in [5.74, 6) is 0.891. The smallest absolute Gasteiger partial charge is 0.243 e. The molecular weight excluding hydrogens is 532 g/mol. The predicted molar refractivity (Wildman–Crippen MR) is 154 cm³/mol. The van der Waals surface area contributed by atoms with E-state index in [-0.39, 0.29) is 17.9 Å². The summed E-state index contributed by atoms with van der Waals surface area (Å²) in [6.07, 6.45) is 0.459. The third-order valence-corrected chi connectivity index (χ3v) is 7.20. The summed E-state index contributed by atoms with van der Waals surface area (Å²) in [5.41, 5.74) is 5.66. The van der Waals surface area contributed by atoms with Crippen LogP contribution in [0.2, 0.25) is 0 Å². The molecule has 0 spiro atoms. The van der Waals surface area contributed by atoms with Crippen molar-refractivity contribution in [1.82, 2.24) is 10.2 Å². The van der Waals surface area contributed by atoms with Crippen LogP contribution in [0.15, 0.2) is 77.3 Å². The van der Waals surface area contributed by atoms with E-state index in [1.54, 1.807) is 16.7 Å². The van der Waals surface area contributed by atoms with E-state index in [9.17, 15) is 9.59 Å². The lowest BCUT2D eigenvalue weighted by Gasteiger charge is -2.32. The van der Waals surface area contributed by atoms with Gasteiger partial charge in [0.1, 0.15) is 6.04 Å². The van der Waals surface area contributed by atoms with Gasteiger partial charge in [-0.15, -0.1) is 11.8 Å². The summed E-state index contributed by atoms with van der Waals surface area (Å²) in [5, 5.41) is 3.04. The zero-order valence-electron chi connectivity index (χ0n) is 21.5. The van der Waals surface area contributed by atoms with Gasteiger partial charge in [0.25, 0.3) is 0 Å². The van der Waals surface area contributed by atoms with E-state index in [0.29, 0.717) is 18.7 Å². The number of aryl methyl sites for hydroxylation is 2. The van der Waals surface area contributed by atoms with Crippen molar-refractivity contribution in [2.75, 3.05) is 5.75 Å². The summed E-state index contributed by atoms with van der Waals surface area (Å²) < 4.78 is 0.947. The molecule has 0 aliphatic rings. The summed E-state index contributed by atoms with van der Waals surface area (Å²) >= 11 is 5.13. The number of thioether (sulfide) groups is 1. The van der Waals surface area contributed by atoms with Crippen molar-refractivity contribution < 1.29 is 9.59 Å².